The van der Waals surface area contributed by atoms with Crippen molar-refractivity contribution >= 4 is 28.1 Å². The van der Waals surface area contributed by atoms with E-state index in [-0.39, 0.29) is 6.04 Å². The number of anilines is 1. The van der Waals surface area contributed by atoms with Crippen LogP contribution in [0, 0.1) is 0 Å². The largest absolute Gasteiger partial charge is 0.356 e. The third kappa shape index (κ3) is 3.62. The minimum absolute atomic E-state index is 0.143. The number of hydrogen-bond donors (Lipinski definition) is 1. The third-order valence-corrected chi connectivity index (χ3v) is 7.68. The average molecular weight is 451 g/mol. The number of aromatic amines is 1. The van der Waals surface area contributed by atoms with Gasteiger partial charge in [0.1, 0.15) is 11.9 Å². The van der Waals surface area contributed by atoms with Crippen molar-refractivity contribution in [2.45, 2.75) is 32.2 Å². The number of pyridine rings is 2. The Balaban J connectivity index is 1.43. The fraction of sp³-hybridized carbons (Fsp3) is 0.214. The fourth-order valence-corrected chi connectivity index (χ4v) is 6.18. The number of benzene rings is 1. The summed E-state index contributed by atoms with van der Waals surface area (Å²) in [5.74, 6) is 1.01. The second-order valence-corrected chi connectivity index (χ2v) is 9.78. The summed E-state index contributed by atoms with van der Waals surface area (Å²) in [6.07, 6.45) is 7.08. The van der Waals surface area contributed by atoms with Gasteiger partial charge in [0.05, 0.1) is 5.69 Å². The number of para-hydroxylation sites is 1. The maximum atomic E-state index is 4.90. The zero-order valence-corrected chi connectivity index (χ0v) is 19.5. The van der Waals surface area contributed by atoms with Crippen LogP contribution in [-0.4, -0.2) is 21.5 Å². The molecular formula is C28H26N4S. The van der Waals surface area contributed by atoms with E-state index >= 15 is 0 Å². The highest BCUT2D eigenvalue weighted by Gasteiger charge is 2.33. The average Bonchev–Trinajstić information content (AvgIpc) is 3.49. The van der Waals surface area contributed by atoms with Crippen LogP contribution in [0.1, 0.15) is 40.4 Å². The molecule has 0 amide bonds. The molecule has 4 aromatic heterocycles. The van der Waals surface area contributed by atoms with Gasteiger partial charge >= 0.3 is 0 Å². The maximum Gasteiger partial charge on any atom is 0.129 e. The number of fused-ring (bicyclic) bond motifs is 3. The fourth-order valence-electron chi connectivity index (χ4n) is 4.95. The van der Waals surface area contributed by atoms with Crippen molar-refractivity contribution in [1.29, 1.82) is 0 Å². The first-order valence-corrected chi connectivity index (χ1v) is 12.5. The van der Waals surface area contributed by atoms with Crippen LogP contribution >= 0.6 is 11.3 Å². The molecule has 1 N–H and O–H groups in total. The van der Waals surface area contributed by atoms with Crippen molar-refractivity contribution in [2.75, 3.05) is 11.4 Å². The Bertz CT molecular complexity index is 1380. The highest BCUT2D eigenvalue weighted by atomic mass is 32.1. The summed E-state index contributed by atoms with van der Waals surface area (Å²) in [6.45, 7) is 3.19. The number of hydrogen-bond acceptors (Lipinski definition) is 4. The Morgan fingerprint density at radius 2 is 1.91 bits per heavy atom. The minimum Gasteiger partial charge on any atom is -0.356 e. The molecule has 33 heavy (non-hydrogen) atoms. The highest BCUT2D eigenvalue weighted by molar-refractivity contribution is 7.12. The van der Waals surface area contributed by atoms with Crippen molar-refractivity contribution in [3.05, 3.63) is 100 Å². The number of aromatic nitrogens is 3. The van der Waals surface area contributed by atoms with E-state index in [0.29, 0.717) is 0 Å². The molecule has 0 aliphatic carbocycles. The van der Waals surface area contributed by atoms with E-state index in [1.807, 2.05) is 41.9 Å². The molecule has 1 unspecified atom stereocenters. The Morgan fingerprint density at radius 3 is 2.73 bits per heavy atom. The van der Waals surface area contributed by atoms with Crippen molar-refractivity contribution in [1.82, 2.24) is 15.0 Å². The SMILES string of the molecule is CCCc1ccc(C2c3[nH]c4ccccc4c3CCN2c2ccc(-c3ccccn3)cn2)s1. The van der Waals surface area contributed by atoms with Crippen LogP contribution in [0.4, 0.5) is 5.82 Å². The zero-order valence-electron chi connectivity index (χ0n) is 18.7. The van der Waals surface area contributed by atoms with Gasteiger partial charge in [-0.15, -0.1) is 11.3 Å². The molecule has 5 aromatic rings. The number of thiophene rings is 1. The van der Waals surface area contributed by atoms with Gasteiger partial charge in [-0.3, -0.25) is 4.98 Å². The maximum absolute atomic E-state index is 4.90. The Morgan fingerprint density at radius 1 is 1.00 bits per heavy atom. The third-order valence-electron chi connectivity index (χ3n) is 6.49. The molecule has 164 valence electrons. The topological polar surface area (TPSA) is 44.8 Å². The number of aryl methyl sites for hydroxylation is 1. The Kier molecular flexibility index (Phi) is 5.19. The van der Waals surface area contributed by atoms with Gasteiger partial charge < -0.3 is 9.88 Å². The minimum atomic E-state index is 0.143. The lowest BCUT2D eigenvalue weighted by atomic mass is 9.96. The molecule has 0 saturated heterocycles. The predicted octanol–water partition coefficient (Wildman–Crippen LogP) is 6.79. The van der Waals surface area contributed by atoms with Crippen molar-refractivity contribution < 1.29 is 0 Å². The molecule has 0 radical (unpaired) electrons. The van der Waals surface area contributed by atoms with Crippen LogP contribution in [0.3, 0.4) is 0 Å². The predicted molar refractivity (Wildman–Crippen MR) is 137 cm³/mol. The van der Waals surface area contributed by atoms with E-state index in [0.717, 1.165) is 36.5 Å². The first-order chi connectivity index (χ1) is 16.3. The molecule has 0 spiro atoms. The standard InChI is InChI=1S/C28H26N4S/c1-2-7-20-12-13-25(33-20)28-27-22(21-8-3-4-10-24(21)31-27)15-17-32(28)26-14-11-19(18-30-26)23-9-5-6-16-29-23/h3-6,8-14,16,18,28,31H,2,7,15,17H2,1H3. The van der Waals surface area contributed by atoms with Crippen molar-refractivity contribution in [3.63, 3.8) is 0 Å². The molecule has 5 heterocycles. The van der Waals surface area contributed by atoms with E-state index in [9.17, 15) is 0 Å². The number of rotatable bonds is 5. The normalized spacial score (nSPS) is 15.7. The van der Waals surface area contributed by atoms with E-state index in [1.54, 1.807) is 0 Å². The first-order valence-electron chi connectivity index (χ1n) is 11.6. The lowest BCUT2D eigenvalue weighted by molar-refractivity contribution is 0.643. The van der Waals surface area contributed by atoms with Crippen molar-refractivity contribution in [3.8, 4) is 11.3 Å². The van der Waals surface area contributed by atoms with Gasteiger partial charge in [0.2, 0.25) is 0 Å². The van der Waals surface area contributed by atoms with Crippen LogP contribution in [0.5, 0.6) is 0 Å². The molecule has 1 aliphatic heterocycles. The molecule has 5 heteroatoms. The summed E-state index contributed by atoms with van der Waals surface area (Å²) < 4.78 is 0. The summed E-state index contributed by atoms with van der Waals surface area (Å²) >= 11 is 1.94. The monoisotopic (exact) mass is 450 g/mol. The van der Waals surface area contributed by atoms with E-state index in [4.69, 9.17) is 4.98 Å². The lowest BCUT2D eigenvalue weighted by Crippen LogP contribution is -2.36. The number of nitrogens with zero attached hydrogens (tertiary/aromatic N) is 3. The van der Waals surface area contributed by atoms with Gasteiger partial charge in [-0.25, -0.2) is 4.98 Å². The second kappa shape index (κ2) is 8.49. The Labute approximate surface area is 198 Å². The van der Waals surface area contributed by atoms with Gasteiger partial charge in [-0.05, 0) is 60.9 Å². The van der Waals surface area contributed by atoms with E-state index < -0.39 is 0 Å². The smallest absolute Gasteiger partial charge is 0.129 e. The lowest BCUT2D eigenvalue weighted by Gasteiger charge is -2.36. The molecule has 6 rings (SSSR count). The Hall–Kier alpha value is -3.44. The van der Waals surface area contributed by atoms with Crippen LogP contribution in [0.15, 0.2) is 79.1 Å². The molecule has 0 fully saturated rings. The van der Waals surface area contributed by atoms with Gasteiger partial charge in [-0.2, -0.15) is 0 Å². The van der Waals surface area contributed by atoms with Crippen LogP contribution in [0.25, 0.3) is 22.2 Å². The molecule has 4 nitrogen and oxygen atoms in total. The van der Waals surface area contributed by atoms with Crippen LogP contribution in [-0.2, 0) is 12.8 Å². The van der Waals surface area contributed by atoms with Gasteiger partial charge in [0.25, 0.3) is 0 Å². The van der Waals surface area contributed by atoms with Crippen molar-refractivity contribution in [2.24, 2.45) is 0 Å². The molecular weight excluding hydrogens is 424 g/mol. The summed E-state index contributed by atoms with van der Waals surface area (Å²) in [7, 11) is 0. The van der Waals surface area contributed by atoms with Gasteiger partial charge in [0, 0.05) is 50.9 Å². The highest BCUT2D eigenvalue weighted by Crippen LogP contribution is 2.42. The molecule has 1 aliphatic rings. The summed E-state index contributed by atoms with van der Waals surface area (Å²) in [6, 6.07) is 23.7. The number of H-pyrrole nitrogens is 1. The number of nitrogens with one attached hydrogen (secondary N) is 1. The molecule has 0 saturated carbocycles. The van der Waals surface area contributed by atoms with Gasteiger partial charge in [-0.1, -0.05) is 37.6 Å². The molecule has 1 aromatic carbocycles. The summed E-state index contributed by atoms with van der Waals surface area (Å²) in [4.78, 5) is 18.4. The second-order valence-electron chi connectivity index (χ2n) is 8.58. The molecule has 1 atom stereocenters. The zero-order chi connectivity index (χ0) is 22.2. The molecule has 0 bridgehead atoms. The first kappa shape index (κ1) is 20.2. The van der Waals surface area contributed by atoms with Gasteiger partial charge in [0.15, 0.2) is 0 Å². The van der Waals surface area contributed by atoms with Crippen LogP contribution < -0.4 is 4.90 Å². The van der Waals surface area contributed by atoms with E-state index in [2.05, 4.69) is 70.3 Å². The quantitative estimate of drug-likeness (QED) is 0.321. The summed E-state index contributed by atoms with van der Waals surface area (Å²) in [5, 5.41) is 1.35. The van der Waals surface area contributed by atoms with E-state index in [1.165, 1.54) is 38.3 Å². The van der Waals surface area contributed by atoms with Crippen LogP contribution in [0.2, 0.25) is 0 Å². The summed E-state index contributed by atoms with van der Waals surface area (Å²) in [5.41, 5.74) is 5.97.